The first kappa shape index (κ1) is 15.5. The van der Waals surface area contributed by atoms with Gasteiger partial charge in [-0.25, -0.2) is 0 Å². The number of rotatable bonds is 4. The Morgan fingerprint density at radius 1 is 1.18 bits per heavy atom. The lowest BCUT2D eigenvalue weighted by molar-refractivity contribution is -0.175. The molecule has 3 aliphatic rings. The quantitative estimate of drug-likeness (QED) is 0.575. The van der Waals surface area contributed by atoms with Crippen LogP contribution in [0.4, 0.5) is 0 Å². The Bertz CT molecular complexity index is 525. The van der Waals surface area contributed by atoms with Crippen LogP contribution in [0.25, 0.3) is 0 Å². The van der Waals surface area contributed by atoms with Crippen LogP contribution in [0, 0.1) is 29.1 Å². The zero-order valence-corrected chi connectivity index (χ0v) is 13.3. The Kier molecular flexibility index (Phi) is 3.55. The molecule has 0 amide bonds. The summed E-state index contributed by atoms with van der Waals surface area (Å²) in [4.78, 5) is 36.1. The minimum absolute atomic E-state index is 0.110. The third-order valence-electron chi connectivity index (χ3n) is 5.72. The lowest BCUT2D eigenvalue weighted by atomic mass is 9.77. The third kappa shape index (κ3) is 2.00. The summed E-state index contributed by atoms with van der Waals surface area (Å²) in [5.41, 5.74) is -0.578. The fourth-order valence-corrected chi connectivity index (χ4v) is 4.07. The number of methoxy groups -OCH3 is 1. The number of ether oxygens (including phenoxy) is 3. The molecule has 0 aromatic heterocycles. The second-order valence-electron chi connectivity index (χ2n) is 7.16. The van der Waals surface area contributed by atoms with Gasteiger partial charge >= 0.3 is 17.9 Å². The van der Waals surface area contributed by atoms with E-state index in [1.165, 1.54) is 0 Å². The van der Waals surface area contributed by atoms with Crippen molar-refractivity contribution in [1.29, 1.82) is 0 Å². The van der Waals surface area contributed by atoms with Crippen molar-refractivity contribution >= 4 is 17.9 Å². The standard InChI is InChI=1S/C16H22O6/c1-5-16(2,3)15(19)21-12-8-6-7(11(12)20-4)9-10(8)14(18)22-13(9)17/h7-12H,5-6H2,1-4H3. The fraction of sp³-hybridized carbons (Fsp3) is 0.812. The van der Waals surface area contributed by atoms with E-state index in [4.69, 9.17) is 14.2 Å². The molecule has 2 aliphatic carbocycles. The van der Waals surface area contributed by atoms with Crippen molar-refractivity contribution in [3.8, 4) is 0 Å². The second kappa shape index (κ2) is 5.05. The van der Waals surface area contributed by atoms with Crippen molar-refractivity contribution in [3.05, 3.63) is 0 Å². The number of hydrogen-bond acceptors (Lipinski definition) is 6. The summed E-state index contributed by atoms with van der Waals surface area (Å²) in [6.45, 7) is 5.60. The average molecular weight is 310 g/mol. The molecule has 122 valence electrons. The maximum Gasteiger partial charge on any atom is 0.317 e. The molecule has 0 radical (unpaired) electrons. The van der Waals surface area contributed by atoms with E-state index in [-0.39, 0.29) is 23.9 Å². The van der Waals surface area contributed by atoms with Gasteiger partial charge in [-0.05, 0) is 26.7 Å². The van der Waals surface area contributed by atoms with E-state index in [0.717, 1.165) is 0 Å². The molecule has 1 heterocycles. The van der Waals surface area contributed by atoms with Gasteiger partial charge in [0.2, 0.25) is 0 Å². The highest BCUT2D eigenvalue weighted by atomic mass is 16.6. The van der Waals surface area contributed by atoms with E-state index in [0.29, 0.717) is 12.8 Å². The van der Waals surface area contributed by atoms with Crippen molar-refractivity contribution in [1.82, 2.24) is 0 Å². The van der Waals surface area contributed by atoms with Crippen LogP contribution in [0.1, 0.15) is 33.6 Å². The van der Waals surface area contributed by atoms with Crippen LogP contribution in [-0.2, 0) is 28.6 Å². The largest absolute Gasteiger partial charge is 0.459 e. The molecular weight excluding hydrogens is 288 g/mol. The molecule has 6 unspecified atom stereocenters. The van der Waals surface area contributed by atoms with Gasteiger partial charge < -0.3 is 14.2 Å². The van der Waals surface area contributed by atoms with Gasteiger partial charge in [-0.1, -0.05) is 6.92 Å². The van der Waals surface area contributed by atoms with Crippen LogP contribution >= 0.6 is 0 Å². The molecule has 1 saturated heterocycles. The minimum Gasteiger partial charge on any atom is -0.459 e. The van der Waals surface area contributed by atoms with E-state index >= 15 is 0 Å². The molecule has 6 atom stereocenters. The summed E-state index contributed by atoms with van der Waals surface area (Å²) in [6, 6.07) is 0. The van der Waals surface area contributed by atoms with Gasteiger partial charge in [0.05, 0.1) is 23.4 Å². The highest BCUT2D eigenvalue weighted by Crippen LogP contribution is 2.57. The van der Waals surface area contributed by atoms with Gasteiger partial charge in [0.25, 0.3) is 0 Å². The van der Waals surface area contributed by atoms with Gasteiger partial charge in [0.1, 0.15) is 6.10 Å². The Morgan fingerprint density at radius 2 is 1.73 bits per heavy atom. The van der Waals surface area contributed by atoms with E-state index in [2.05, 4.69) is 0 Å². The molecule has 2 bridgehead atoms. The van der Waals surface area contributed by atoms with Crippen LogP contribution in [0.3, 0.4) is 0 Å². The molecule has 6 heteroatoms. The summed E-state index contributed by atoms with van der Waals surface area (Å²) in [5, 5.41) is 0. The molecule has 2 saturated carbocycles. The van der Waals surface area contributed by atoms with Crippen molar-refractivity contribution in [2.24, 2.45) is 29.1 Å². The van der Waals surface area contributed by atoms with Gasteiger partial charge in [0.15, 0.2) is 0 Å². The number of cyclic esters (lactones) is 2. The third-order valence-corrected chi connectivity index (χ3v) is 5.72. The molecule has 0 spiro atoms. The van der Waals surface area contributed by atoms with Crippen molar-refractivity contribution in [2.75, 3.05) is 7.11 Å². The van der Waals surface area contributed by atoms with Crippen molar-refractivity contribution < 1.29 is 28.6 Å². The zero-order chi connectivity index (χ0) is 16.2. The molecule has 22 heavy (non-hydrogen) atoms. The maximum absolute atomic E-state index is 12.4. The number of esters is 3. The smallest absolute Gasteiger partial charge is 0.317 e. The number of carbonyl (C=O) groups excluding carboxylic acids is 3. The molecule has 0 N–H and O–H groups in total. The average Bonchev–Trinajstić information content (AvgIpc) is 3.10. The van der Waals surface area contributed by atoms with Gasteiger partial charge in [-0.3, -0.25) is 14.4 Å². The Hall–Kier alpha value is -1.43. The summed E-state index contributed by atoms with van der Waals surface area (Å²) >= 11 is 0. The topological polar surface area (TPSA) is 78.9 Å². The van der Waals surface area contributed by atoms with Crippen molar-refractivity contribution in [2.45, 2.75) is 45.8 Å². The highest BCUT2D eigenvalue weighted by molar-refractivity contribution is 5.97. The predicted octanol–water partition coefficient (Wildman–Crippen LogP) is 1.31. The Balaban J connectivity index is 1.83. The monoisotopic (exact) mass is 310 g/mol. The first-order valence-electron chi connectivity index (χ1n) is 7.81. The van der Waals surface area contributed by atoms with Gasteiger partial charge in [-0.15, -0.1) is 0 Å². The second-order valence-corrected chi connectivity index (χ2v) is 7.16. The molecule has 3 rings (SSSR count). The van der Waals surface area contributed by atoms with Gasteiger partial charge in [0, 0.05) is 18.9 Å². The normalized spacial score (nSPS) is 39.8. The Morgan fingerprint density at radius 3 is 2.23 bits per heavy atom. The Labute approximate surface area is 129 Å². The van der Waals surface area contributed by atoms with Crippen LogP contribution < -0.4 is 0 Å². The molecule has 3 fully saturated rings. The summed E-state index contributed by atoms with van der Waals surface area (Å²) < 4.78 is 16.0. The van der Waals surface area contributed by atoms with E-state index in [1.807, 2.05) is 20.8 Å². The first-order valence-corrected chi connectivity index (χ1v) is 7.81. The molecular formula is C16H22O6. The van der Waals surface area contributed by atoms with Crippen LogP contribution in [-0.4, -0.2) is 37.2 Å². The number of carbonyl (C=O) groups is 3. The molecule has 0 aromatic carbocycles. The van der Waals surface area contributed by atoms with Crippen LogP contribution in [0.15, 0.2) is 0 Å². The summed E-state index contributed by atoms with van der Waals surface area (Å²) in [7, 11) is 1.55. The minimum atomic E-state index is -0.578. The highest BCUT2D eigenvalue weighted by Gasteiger charge is 2.68. The van der Waals surface area contributed by atoms with E-state index in [9.17, 15) is 14.4 Å². The number of hydrogen-bond donors (Lipinski definition) is 0. The SMILES string of the molecule is CCC(C)(C)C(=O)OC1C2CC(C1OC)C1C(=O)OC(=O)C21. The van der Waals surface area contributed by atoms with Crippen molar-refractivity contribution in [3.63, 3.8) is 0 Å². The zero-order valence-electron chi connectivity index (χ0n) is 13.3. The maximum atomic E-state index is 12.4. The summed E-state index contributed by atoms with van der Waals surface area (Å²) in [5.74, 6) is -2.43. The lowest BCUT2D eigenvalue weighted by Gasteiger charge is -2.35. The van der Waals surface area contributed by atoms with Crippen LogP contribution in [0.5, 0.6) is 0 Å². The lowest BCUT2D eigenvalue weighted by Crippen LogP contribution is -2.47. The first-order chi connectivity index (χ1) is 10.3. The predicted molar refractivity (Wildman–Crippen MR) is 74.4 cm³/mol. The molecule has 6 nitrogen and oxygen atoms in total. The molecule has 0 aromatic rings. The fourth-order valence-electron chi connectivity index (χ4n) is 4.07. The van der Waals surface area contributed by atoms with Crippen LogP contribution in [0.2, 0.25) is 0 Å². The summed E-state index contributed by atoms with van der Waals surface area (Å²) in [6.07, 6.45) is 0.505. The molecule has 1 aliphatic heterocycles. The van der Waals surface area contributed by atoms with E-state index < -0.39 is 35.3 Å². The number of fused-ring (bicyclic) bond motifs is 5. The van der Waals surface area contributed by atoms with Gasteiger partial charge in [-0.2, -0.15) is 0 Å². The van der Waals surface area contributed by atoms with E-state index in [1.54, 1.807) is 7.11 Å².